The highest BCUT2D eigenvalue weighted by molar-refractivity contribution is 5.95. The number of pyridine rings is 1. The maximum absolute atomic E-state index is 14.6. The smallest absolute Gasteiger partial charge is 0.419 e. The van der Waals surface area contributed by atoms with E-state index in [-0.39, 0.29) is 29.4 Å². The van der Waals surface area contributed by atoms with E-state index >= 15 is 0 Å². The molecule has 7 heteroatoms. The van der Waals surface area contributed by atoms with Gasteiger partial charge < -0.3 is 10.5 Å². The summed E-state index contributed by atoms with van der Waals surface area (Å²) in [4.78, 5) is 4.15. The average Bonchev–Trinajstić information content (AvgIpc) is 2.64. The van der Waals surface area contributed by atoms with E-state index in [4.69, 9.17) is 10.5 Å². The Kier molecular flexibility index (Phi) is 6.04. The minimum Gasteiger partial charge on any atom is -0.491 e. The number of fused-ring (bicyclic) bond motifs is 1. The van der Waals surface area contributed by atoms with Crippen LogP contribution in [0.2, 0.25) is 0 Å². The molecule has 0 aliphatic rings. The van der Waals surface area contributed by atoms with Crippen molar-refractivity contribution in [2.75, 3.05) is 6.61 Å². The molecule has 3 nitrogen and oxygen atoms in total. The van der Waals surface area contributed by atoms with Gasteiger partial charge in [-0.2, -0.15) is 13.2 Å². The molecular formula is C23H24F4N2O. The van der Waals surface area contributed by atoms with Crippen LogP contribution in [0, 0.1) is 11.7 Å². The lowest BCUT2D eigenvalue weighted by Gasteiger charge is -2.27. The number of halogens is 4. The first-order chi connectivity index (χ1) is 14.0. The van der Waals surface area contributed by atoms with Crippen molar-refractivity contribution in [1.82, 2.24) is 4.98 Å². The van der Waals surface area contributed by atoms with Gasteiger partial charge in [0.15, 0.2) is 0 Å². The normalized spacial score (nSPS) is 14.2. The van der Waals surface area contributed by atoms with Crippen LogP contribution < -0.4 is 10.5 Å². The summed E-state index contributed by atoms with van der Waals surface area (Å²) >= 11 is 0. The number of hydrogen-bond donors (Lipinski definition) is 1. The molecule has 160 valence electrons. The minimum atomic E-state index is -4.67. The molecule has 0 aliphatic heterocycles. The second-order valence-electron chi connectivity index (χ2n) is 8.24. The van der Waals surface area contributed by atoms with Crippen LogP contribution in [0.3, 0.4) is 0 Å². The van der Waals surface area contributed by atoms with Crippen LogP contribution in [0.5, 0.6) is 5.75 Å². The van der Waals surface area contributed by atoms with Gasteiger partial charge >= 0.3 is 6.18 Å². The molecule has 3 rings (SSSR count). The van der Waals surface area contributed by atoms with E-state index in [1.54, 1.807) is 25.3 Å². The zero-order chi connectivity index (χ0) is 22.1. The minimum absolute atomic E-state index is 0.0693. The molecule has 1 aromatic heterocycles. The summed E-state index contributed by atoms with van der Waals surface area (Å²) in [5, 5.41) is 0.436. The molecular weight excluding hydrogens is 396 g/mol. The molecule has 0 fully saturated rings. The predicted molar refractivity (Wildman–Crippen MR) is 110 cm³/mol. The molecule has 1 heterocycles. The number of aromatic nitrogens is 1. The second-order valence-corrected chi connectivity index (χ2v) is 8.24. The van der Waals surface area contributed by atoms with Gasteiger partial charge in [0.1, 0.15) is 18.2 Å². The highest BCUT2D eigenvalue weighted by Crippen LogP contribution is 2.41. The Morgan fingerprint density at radius 1 is 1.10 bits per heavy atom. The van der Waals surface area contributed by atoms with Crippen molar-refractivity contribution >= 4 is 10.9 Å². The first kappa shape index (κ1) is 22.0. The number of hydrogen-bond acceptors (Lipinski definition) is 3. The zero-order valence-corrected chi connectivity index (χ0v) is 17.1. The van der Waals surface area contributed by atoms with Crippen LogP contribution >= 0.6 is 0 Å². The molecule has 0 saturated heterocycles. The van der Waals surface area contributed by atoms with Crippen molar-refractivity contribution in [2.24, 2.45) is 11.7 Å². The highest BCUT2D eigenvalue weighted by atomic mass is 19.4. The standard InChI is InChI=1S/C23H24F4N2O/c1-14(2)12-22(3,28)13-30-20-9-6-15(11-17(20)23(25,26)27)21-16-5-4-10-29-19(16)8-7-18(21)24/h4-11,14H,12-13,28H2,1-3H3/t22-/m0/s1. The van der Waals surface area contributed by atoms with Crippen molar-refractivity contribution in [3.63, 3.8) is 0 Å². The highest BCUT2D eigenvalue weighted by Gasteiger charge is 2.35. The summed E-state index contributed by atoms with van der Waals surface area (Å²) in [6.45, 7) is 5.64. The quantitative estimate of drug-likeness (QED) is 0.483. The molecule has 1 atom stereocenters. The van der Waals surface area contributed by atoms with E-state index < -0.39 is 23.1 Å². The fourth-order valence-electron chi connectivity index (χ4n) is 3.69. The summed E-state index contributed by atoms with van der Waals surface area (Å²) < 4.78 is 61.4. The third-order valence-electron chi connectivity index (χ3n) is 4.74. The Hall–Kier alpha value is -2.67. The Bertz CT molecular complexity index is 1050. The number of benzene rings is 2. The van der Waals surface area contributed by atoms with Crippen molar-refractivity contribution in [2.45, 2.75) is 38.9 Å². The van der Waals surface area contributed by atoms with Gasteiger partial charge in [-0.25, -0.2) is 4.39 Å². The Labute approximate surface area is 172 Å². The van der Waals surface area contributed by atoms with Gasteiger partial charge in [0.2, 0.25) is 0 Å². The lowest BCUT2D eigenvalue weighted by Crippen LogP contribution is -2.43. The van der Waals surface area contributed by atoms with Gasteiger partial charge in [-0.3, -0.25) is 4.98 Å². The molecule has 30 heavy (non-hydrogen) atoms. The Morgan fingerprint density at radius 2 is 1.83 bits per heavy atom. The number of nitrogens with zero attached hydrogens (tertiary/aromatic N) is 1. The monoisotopic (exact) mass is 420 g/mol. The summed E-state index contributed by atoms with van der Waals surface area (Å²) in [6.07, 6.45) is -2.53. The molecule has 2 N–H and O–H groups in total. The summed E-state index contributed by atoms with van der Waals surface area (Å²) in [5.74, 6) is -0.676. The fraction of sp³-hybridized carbons (Fsp3) is 0.348. The zero-order valence-electron chi connectivity index (χ0n) is 17.1. The van der Waals surface area contributed by atoms with Gasteiger partial charge in [-0.15, -0.1) is 0 Å². The molecule has 0 aliphatic carbocycles. The van der Waals surface area contributed by atoms with Crippen LogP contribution in [0.4, 0.5) is 17.6 Å². The molecule has 0 bridgehead atoms. The largest absolute Gasteiger partial charge is 0.491 e. The lowest BCUT2D eigenvalue weighted by atomic mass is 9.92. The van der Waals surface area contributed by atoms with Gasteiger partial charge in [0.25, 0.3) is 0 Å². The van der Waals surface area contributed by atoms with Crippen LogP contribution in [-0.4, -0.2) is 17.1 Å². The van der Waals surface area contributed by atoms with Gasteiger partial charge in [0.05, 0.1) is 11.1 Å². The van der Waals surface area contributed by atoms with E-state index in [9.17, 15) is 17.6 Å². The van der Waals surface area contributed by atoms with Crippen molar-refractivity contribution < 1.29 is 22.3 Å². The van der Waals surface area contributed by atoms with Crippen molar-refractivity contribution in [3.05, 3.63) is 60.0 Å². The van der Waals surface area contributed by atoms with E-state index in [0.717, 1.165) is 6.07 Å². The third-order valence-corrected chi connectivity index (χ3v) is 4.74. The fourth-order valence-corrected chi connectivity index (χ4v) is 3.69. The van der Waals surface area contributed by atoms with Crippen LogP contribution in [0.15, 0.2) is 48.7 Å². The van der Waals surface area contributed by atoms with E-state index in [0.29, 0.717) is 17.3 Å². The maximum atomic E-state index is 14.6. The second kappa shape index (κ2) is 8.22. The van der Waals surface area contributed by atoms with E-state index in [1.165, 1.54) is 24.3 Å². The van der Waals surface area contributed by atoms with E-state index in [2.05, 4.69) is 4.98 Å². The molecule has 0 amide bonds. The number of ether oxygens (including phenoxy) is 1. The Morgan fingerprint density at radius 3 is 2.50 bits per heavy atom. The third kappa shape index (κ3) is 4.90. The predicted octanol–water partition coefficient (Wildman–Crippen LogP) is 6.20. The molecule has 2 aromatic carbocycles. The SMILES string of the molecule is CC(C)C[C@](C)(N)COc1ccc(-c2c(F)ccc3ncccc23)cc1C(F)(F)F. The Balaban J connectivity index is 2.04. The van der Waals surface area contributed by atoms with Gasteiger partial charge in [-0.1, -0.05) is 26.0 Å². The number of rotatable bonds is 6. The van der Waals surface area contributed by atoms with Gasteiger partial charge in [-0.05, 0) is 55.2 Å². The molecule has 0 spiro atoms. The summed E-state index contributed by atoms with van der Waals surface area (Å²) in [5.41, 5.74) is 5.09. The van der Waals surface area contributed by atoms with E-state index in [1.807, 2.05) is 13.8 Å². The summed E-state index contributed by atoms with van der Waals surface area (Å²) in [7, 11) is 0. The number of nitrogens with two attached hydrogens (primary N) is 1. The van der Waals surface area contributed by atoms with Gasteiger partial charge in [0, 0.05) is 22.7 Å². The van der Waals surface area contributed by atoms with Crippen LogP contribution in [0.1, 0.15) is 32.8 Å². The van der Waals surface area contributed by atoms with Crippen molar-refractivity contribution in [3.8, 4) is 16.9 Å². The van der Waals surface area contributed by atoms with Crippen molar-refractivity contribution in [1.29, 1.82) is 0 Å². The first-order valence-electron chi connectivity index (χ1n) is 9.64. The summed E-state index contributed by atoms with van der Waals surface area (Å²) in [6, 6.07) is 9.50. The van der Waals surface area contributed by atoms with Crippen LogP contribution in [0.25, 0.3) is 22.0 Å². The lowest BCUT2D eigenvalue weighted by molar-refractivity contribution is -0.139. The first-order valence-corrected chi connectivity index (χ1v) is 9.64. The molecule has 3 aromatic rings. The topological polar surface area (TPSA) is 48.1 Å². The van der Waals surface area contributed by atoms with Crippen LogP contribution in [-0.2, 0) is 6.18 Å². The number of alkyl halides is 3. The molecule has 0 saturated carbocycles. The maximum Gasteiger partial charge on any atom is 0.419 e. The molecule has 0 unspecified atom stereocenters. The average molecular weight is 420 g/mol. The molecule has 0 radical (unpaired) electrons.